The lowest BCUT2D eigenvalue weighted by Crippen LogP contribution is -2.35. The van der Waals surface area contributed by atoms with Gasteiger partial charge in [0.05, 0.1) is 20.8 Å². The Morgan fingerprint density at radius 3 is 2.50 bits per heavy atom. The number of esters is 1. The molecule has 0 aliphatic heterocycles. The molecule has 134 valence electrons. The summed E-state index contributed by atoms with van der Waals surface area (Å²) >= 11 is 0. The summed E-state index contributed by atoms with van der Waals surface area (Å²) in [6.07, 6.45) is 0. The SMILES string of the molecule is COC(=O)c1cc(CNC(=O)NCC#Cc2ccccc2)ccc1OC. The largest absolute Gasteiger partial charge is 0.496 e. The van der Waals surface area contributed by atoms with Gasteiger partial charge >= 0.3 is 12.0 Å². The standard InChI is InChI=1S/C20H20N2O4/c1-25-18-11-10-16(13-17(18)19(23)26-2)14-22-20(24)21-12-6-9-15-7-4-3-5-8-15/h3-5,7-8,10-11,13H,12,14H2,1-2H3,(H2,21,22,24). The van der Waals surface area contributed by atoms with Gasteiger partial charge in [-0.3, -0.25) is 0 Å². The smallest absolute Gasteiger partial charge is 0.341 e. The Kier molecular flexibility index (Phi) is 7.07. The summed E-state index contributed by atoms with van der Waals surface area (Å²) < 4.78 is 9.86. The molecule has 6 nitrogen and oxygen atoms in total. The molecular formula is C20H20N2O4. The predicted molar refractivity (Wildman–Crippen MR) is 97.9 cm³/mol. The first-order valence-electron chi connectivity index (χ1n) is 7.95. The van der Waals surface area contributed by atoms with Crippen molar-refractivity contribution in [3.8, 4) is 17.6 Å². The third-order valence-electron chi connectivity index (χ3n) is 3.47. The number of urea groups is 1. The second kappa shape index (κ2) is 9.74. The molecule has 0 radical (unpaired) electrons. The fraction of sp³-hybridized carbons (Fsp3) is 0.200. The van der Waals surface area contributed by atoms with Gasteiger partial charge in [-0.1, -0.05) is 36.1 Å². The van der Waals surface area contributed by atoms with Crippen LogP contribution >= 0.6 is 0 Å². The molecule has 26 heavy (non-hydrogen) atoms. The molecule has 2 aromatic rings. The van der Waals surface area contributed by atoms with Crippen molar-refractivity contribution < 1.29 is 19.1 Å². The number of ether oxygens (including phenoxy) is 2. The van der Waals surface area contributed by atoms with Crippen LogP contribution in [-0.4, -0.2) is 32.8 Å². The van der Waals surface area contributed by atoms with Gasteiger partial charge in [0, 0.05) is 12.1 Å². The second-order valence-electron chi connectivity index (χ2n) is 5.23. The molecule has 0 aliphatic carbocycles. The maximum atomic E-state index is 11.8. The van der Waals surface area contributed by atoms with Gasteiger partial charge < -0.3 is 20.1 Å². The minimum atomic E-state index is -0.496. The van der Waals surface area contributed by atoms with E-state index >= 15 is 0 Å². The van der Waals surface area contributed by atoms with E-state index in [1.807, 2.05) is 30.3 Å². The number of hydrogen-bond acceptors (Lipinski definition) is 4. The number of hydrogen-bond donors (Lipinski definition) is 2. The van der Waals surface area contributed by atoms with Crippen LogP contribution in [0.2, 0.25) is 0 Å². The van der Waals surface area contributed by atoms with Crippen LogP contribution in [0.1, 0.15) is 21.5 Å². The number of nitrogens with one attached hydrogen (secondary N) is 2. The lowest BCUT2D eigenvalue weighted by Gasteiger charge is -2.10. The van der Waals surface area contributed by atoms with Crippen molar-refractivity contribution >= 4 is 12.0 Å². The molecule has 0 saturated carbocycles. The van der Waals surface area contributed by atoms with Crippen LogP contribution in [0.15, 0.2) is 48.5 Å². The van der Waals surface area contributed by atoms with Gasteiger partial charge in [-0.15, -0.1) is 0 Å². The Labute approximate surface area is 152 Å². The molecule has 2 aromatic carbocycles. The van der Waals surface area contributed by atoms with Crippen molar-refractivity contribution in [1.82, 2.24) is 10.6 Å². The zero-order valence-electron chi connectivity index (χ0n) is 14.7. The van der Waals surface area contributed by atoms with E-state index in [0.717, 1.165) is 11.1 Å². The lowest BCUT2D eigenvalue weighted by molar-refractivity contribution is 0.0597. The average Bonchev–Trinajstić information content (AvgIpc) is 2.69. The van der Waals surface area contributed by atoms with E-state index in [1.165, 1.54) is 14.2 Å². The van der Waals surface area contributed by atoms with Crippen LogP contribution in [0.4, 0.5) is 4.79 Å². The first-order chi connectivity index (χ1) is 12.6. The first-order valence-corrected chi connectivity index (χ1v) is 7.95. The van der Waals surface area contributed by atoms with Crippen LogP contribution < -0.4 is 15.4 Å². The lowest BCUT2D eigenvalue weighted by atomic mass is 10.1. The number of amides is 2. The molecule has 0 aromatic heterocycles. The Balaban J connectivity index is 1.85. The maximum Gasteiger partial charge on any atom is 0.341 e. The van der Waals surface area contributed by atoms with Crippen molar-refractivity contribution in [3.63, 3.8) is 0 Å². The summed E-state index contributed by atoms with van der Waals surface area (Å²) in [5.74, 6) is 5.75. The van der Waals surface area contributed by atoms with Crippen LogP contribution in [0.3, 0.4) is 0 Å². The van der Waals surface area contributed by atoms with Gasteiger partial charge in [-0.25, -0.2) is 9.59 Å². The fourth-order valence-electron chi connectivity index (χ4n) is 2.17. The highest BCUT2D eigenvalue weighted by atomic mass is 16.5. The molecule has 6 heteroatoms. The molecule has 2 N–H and O–H groups in total. The molecule has 2 rings (SSSR count). The molecule has 0 atom stereocenters. The van der Waals surface area contributed by atoms with E-state index < -0.39 is 5.97 Å². The third kappa shape index (κ3) is 5.56. The summed E-state index contributed by atoms with van der Waals surface area (Å²) in [5.41, 5.74) is 1.95. The zero-order chi connectivity index (χ0) is 18.8. The van der Waals surface area contributed by atoms with Crippen molar-refractivity contribution in [3.05, 3.63) is 65.2 Å². The molecule has 0 aliphatic rings. The molecule has 0 heterocycles. The topological polar surface area (TPSA) is 76.7 Å². The fourth-order valence-corrected chi connectivity index (χ4v) is 2.17. The third-order valence-corrected chi connectivity index (χ3v) is 3.47. The van der Waals surface area contributed by atoms with Gasteiger partial charge in [-0.2, -0.15) is 0 Å². The summed E-state index contributed by atoms with van der Waals surface area (Å²) in [4.78, 5) is 23.6. The maximum absolute atomic E-state index is 11.8. The molecule has 0 fully saturated rings. The predicted octanol–water partition coefficient (Wildman–Crippen LogP) is 2.33. The van der Waals surface area contributed by atoms with Crippen molar-refractivity contribution in [2.45, 2.75) is 6.54 Å². The highest BCUT2D eigenvalue weighted by Crippen LogP contribution is 2.20. The van der Waals surface area contributed by atoms with Crippen molar-refractivity contribution in [1.29, 1.82) is 0 Å². The second-order valence-corrected chi connectivity index (χ2v) is 5.23. The Morgan fingerprint density at radius 1 is 1.04 bits per heavy atom. The highest BCUT2D eigenvalue weighted by molar-refractivity contribution is 5.92. The summed E-state index contributed by atoms with van der Waals surface area (Å²) in [6, 6.07) is 14.2. The molecule has 0 unspecified atom stereocenters. The quantitative estimate of drug-likeness (QED) is 0.640. The summed E-state index contributed by atoms with van der Waals surface area (Å²) in [5, 5.41) is 5.36. The summed E-state index contributed by atoms with van der Waals surface area (Å²) in [7, 11) is 2.78. The molecular weight excluding hydrogens is 332 g/mol. The van der Waals surface area contributed by atoms with E-state index in [4.69, 9.17) is 9.47 Å². The van der Waals surface area contributed by atoms with E-state index in [9.17, 15) is 9.59 Å². The number of benzene rings is 2. The molecule has 0 saturated heterocycles. The van der Waals surface area contributed by atoms with E-state index in [-0.39, 0.29) is 19.1 Å². The Hall–Kier alpha value is -3.46. The van der Waals surface area contributed by atoms with Gasteiger partial charge in [0.2, 0.25) is 0 Å². The molecule has 0 spiro atoms. The summed E-state index contributed by atoms with van der Waals surface area (Å²) in [6.45, 7) is 0.489. The van der Waals surface area contributed by atoms with Gasteiger partial charge in [0.1, 0.15) is 11.3 Å². The number of methoxy groups -OCH3 is 2. The minimum absolute atomic E-state index is 0.233. The Bertz CT molecular complexity index is 823. The van der Waals surface area contributed by atoms with Gasteiger partial charge in [0.25, 0.3) is 0 Å². The number of rotatable bonds is 5. The zero-order valence-corrected chi connectivity index (χ0v) is 14.7. The average molecular weight is 352 g/mol. The number of carbonyl (C=O) groups is 2. The van der Waals surface area contributed by atoms with Gasteiger partial charge in [0.15, 0.2) is 0 Å². The van der Waals surface area contributed by atoms with Crippen LogP contribution in [0, 0.1) is 11.8 Å². The highest BCUT2D eigenvalue weighted by Gasteiger charge is 2.13. The molecule has 2 amide bonds. The van der Waals surface area contributed by atoms with Crippen LogP contribution in [0.5, 0.6) is 5.75 Å². The van der Waals surface area contributed by atoms with Crippen LogP contribution in [-0.2, 0) is 11.3 Å². The monoisotopic (exact) mass is 352 g/mol. The first kappa shape index (κ1) is 18.9. The minimum Gasteiger partial charge on any atom is -0.496 e. The van der Waals surface area contributed by atoms with E-state index in [1.54, 1.807) is 18.2 Å². The van der Waals surface area contributed by atoms with Gasteiger partial charge in [-0.05, 0) is 29.8 Å². The normalized spacial score (nSPS) is 9.46. The van der Waals surface area contributed by atoms with Crippen LogP contribution in [0.25, 0.3) is 0 Å². The Morgan fingerprint density at radius 2 is 1.81 bits per heavy atom. The van der Waals surface area contributed by atoms with E-state index in [0.29, 0.717) is 11.3 Å². The van der Waals surface area contributed by atoms with Crippen molar-refractivity contribution in [2.24, 2.45) is 0 Å². The van der Waals surface area contributed by atoms with Crippen molar-refractivity contribution in [2.75, 3.05) is 20.8 Å². The molecule has 0 bridgehead atoms. The number of carbonyl (C=O) groups excluding carboxylic acids is 2. The van der Waals surface area contributed by atoms with E-state index in [2.05, 4.69) is 22.5 Å².